The van der Waals surface area contributed by atoms with Crippen LogP contribution in [-0.4, -0.2) is 157 Å². The summed E-state index contributed by atoms with van der Waals surface area (Å²) in [6.45, 7) is 8.37. The predicted octanol–water partition coefficient (Wildman–Crippen LogP) is -0.616. The molecule has 310 valence electrons. The lowest BCUT2D eigenvalue weighted by Gasteiger charge is -2.63. The number of ether oxygens (including phenoxy) is 6. The summed E-state index contributed by atoms with van der Waals surface area (Å²) in [5.74, 6) is 1.31. The Morgan fingerprint density at radius 3 is 2.07 bits per heavy atom. The first-order chi connectivity index (χ1) is 25.6. The third-order valence-corrected chi connectivity index (χ3v) is 16.3. The van der Waals surface area contributed by atoms with Gasteiger partial charge < -0.3 is 74.4 Å². The highest BCUT2D eigenvalue weighted by atomic mass is 16.8. The van der Waals surface area contributed by atoms with Crippen molar-refractivity contribution in [2.75, 3.05) is 19.8 Å². The molecule has 8 fully saturated rings. The van der Waals surface area contributed by atoms with Gasteiger partial charge in [-0.25, -0.2) is 0 Å². The van der Waals surface area contributed by atoms with Crippen LogP contribution in [0.3, 0.4) is 0 Å². The lowest BCUT2D eigenvalue weighted by Crippen LogP contribution is -2.65. The van der Waals surface area contributed by atoms with Gasteiger partial charge in [-0.2, -0.15) is 0 Å². The lowest BCUT2D eigenvalue weighted by atomic mass is 9.43. The quantitative estimate of drug-likeness (QED) is 0.153. The number of rotatable bonds is 6. The molecule has 9 N–H and O–H groups in total. The summed E-state index contributed by atoms with van der Waals surface area (Å²) in [5.41, 5.74) is -0.590. The second kappa shape index (κ2) is 14.6. The maximum atomic E-state index is 12.2. The van der Waals surface area contributed by atoms with E-state index in [9.17, 15) is 46.0 Å². The normalized spacial score (nSPS) is 60.1. The van der Waals surface area contributed by atoms with E-state index >= 15 is 0 Å². The van der Waals surface area contributed by atoms with Crippen LogP contribution < -0.4 is 0 Å². The van der Waals surface area contributed by atoms with Gasteiger partial charge in [0.1, 0.15) is 48.8 Å². The van der Waals surface area contributed by atoms with Crippen molar-refractivity contribution in [3.05, 3.63) is 0 Å². The van der Waals surface area contributed by atoms with E-state index in [0.29, 0.717) is 37.7 Å². The molecule has 4 heterocycles. The summed E-state index contributed by atoms with van der Waals surface area (Å²) < 4.78 is 37.0. The molecule has 0 amide bonds. The Hall–Kier alpha value is -0.600. The Morgan fingerprint density at radius 1 is 0.722 bits per heavy atom. The summed E-state index contributed by atoms with van der Waals surface area (Å²) >= 11 is 0. The Labute approximate surface area is 316 Å². The third-order valence-electron chi connectivity index (χ3n) is 16.3. The number of hydrogen-bond acceptors (Lipinski definition) is 15. The first-order valence-electron chi connectivity index (χ1n) is 20.5. The van der Waals surface area contributed by atoms with Gasteiger partial charge in [0.05, 0.1) is 44.2 Å². The zero-order valence-corrected chi connectivity index (χ0v) is 31.9. The molecule has 4 saturated carbocycles. The minimum atomic E-state index is -1.79. The predicted molar refractivity (Wildman–Crippen MR) is 186 cm³/mol. The smallest absolute Gasteiger partial charge is 0.187 e. The second-order valence-corrected chi connectivity index (χ2v) is 18.9. The van der Waals surface area contributed by atoms with Crippen LogP contribution in [0, 0.1) is 52.3 Å². The van der Waals surface area contributed by atoms with Gasteiger partial charge in [-0.1, -0.05) is 27.7 Å². The van der Waals surface area contributed by atoms with E-state index in [1.807, 2.05) is 0 Å². The standard InChI is InChI=1S/C39H64O15/c1-16-7-8-39(49-15-16)17(2)28-24(54-39)10-21-19-6-5-18-9-23(22(42)12-37(18,3)20(19)11-27(43)38(21,28)4)50-36-34(32(47)30(45)26(14-41)52-36)53-35-33(48)31(46)29(44)25(13-40)51-35/h16-36,40-48H,5-15H2,1-4H3/t16-,17+,18-,19+,20+,21+,22+,23-,24+,25-,26-,27-,28+,29-,30+,31+,32+,33-,34-,35+,36-,37+,38-,39-/m1/s1. The fourth-order valence-corrected chi connectivity index (χ4v) is 13.2. The van der Waals surface area contributed by atoms with Crippen LogP contribution in [0.4, 0.5) is 0 Å². The Bertz CT molecular complexity index is 1330. The van der Waals surface area contributed by atoms with Crippen LogP contribution in [0.25, 0.3) is 0 Å². The molecule has 8 aliphatic rings. The molecule has 0 radical (unpaired) electrons. The van der Waals surface area contributed by atoms with Gasteiger partial charge in [-0.05, 0) is 80.0 Å². The van der Waals surface area contributed by atoms with Crippen LogP contribution >= 0.6 is 0 Å². The van der Waals surface area contributed by atoms with Gasteiger partial charge in [-0.3, -0.25) is 0 Å². The molecule has 4 aliphatic carbocycles. The van der Waals surface area contributed by atoms with Crippen LogP contribution in [0.2, 0.25) is 0 Å². The molecule has 24 atom stereocenters. The highest BCUT2D eigenvalue weighted by Crippen LogP contribution is 2.71. The van der Waals surface area contributed by atoms with E-state index in [1.165, 1.54) is 0 Å². The molecule has 15 nitrogen and oxygen atoms in total. The van der Waals surface area contributed by atoms with Crippen molar-refractivity contribution in [2.45, 2.75) is 171 Å². The van der Waals surface area contributed by atoms with E-state index in [-0.39, 0.29) is 46.5 Å². The fraction of sp³-hybridized carbons (Fsp3) is 1.00. The van der Waals surface area contributed by atoms with Gasteiger partial charge in [0.25, 0.3) is 0 Å². The Balaban J connectivity index is 0.978. The number of hydrogen-bond donors (Lipinski definition) is 9. The molecular formula is C39H64O15. The van der Waals surface area contributed by atoms with Crippen LogP contribution in [-0.2, 0) is 28.4 Å². The molecule has 0 unspecified atom stereocenters. The van der Waals surface area contributed by atoms with Crippen molar-refractivity contribution in [3.8, 4) is 0 Å². The minimum Gasteiger partial charge on any atom is -0.394 e. The van der Waals surface area contributed by atoms with Gasteiger partial charge in [-0.15, -0.1) is 0 Å². The summed E-state index contributed by atoms with van der Waals surface area (Å²) in [6, 6.07) is 0. The summed E-state index contributed by atoms with van der Waals surface area (Å²) in [7, 11) is 0. The average Bonchev–Trinajstić information content (AvgIpc) is 3.59. The van der Waals surface area contributed by atoms with E-state index in [0.717, 1.165) is 32.1 Å². The highest BCUT2D eigenvalue weighted by molar-refractivity contribution is 5.18. The van der Waals surface area contributed by atoms with E-state index < -0.39 is 98.7 Å². The van der Waals surface area contributed by atoms with Crippen molar-refractivity contribution in [1.82, 2.24) is 0 Å². The molecule has 15 heteroatoms. The van der Waals surface area contributed by atoms with Crippen molar-refractivity contribution < 1.29 is 74.4 Å². The first-order valence-corrected chi connectivity index (χ1v) is 20.5. The monoisotopic (exact) mass is 772 g/mol. The van der Waals surface area contributed by atoms with E-state index in [1.54, 1.807) is 0 Å². The van der Waals surface area contributed by atoms with Gasteiger partial charge in [0.15, 0.2) is 18.4 Å². The first kappa shape index (κ1) is 40.2. The van der Waals surface area contributed by atoms with E-state index in [4.69, 9.17) is 28.4 Å². The summed E-state index contributed by atoms with van der Waals surface area (Å²) in [4.78, 5) is 0. The fourth-order valence-electron chi connectivity index (χ4n) is 13.2. The maximum Gasteiger partial charge on any atom is 0.187 e. The SMILES string of the molecule is C[C@@H]1CC[C@@]2(OC1)O[C@H]1C[C@H]3[C@H]4CC[C@@H]5C[C@@H](O[C@@H]6O[C@H](CO)[C@H](O)[C@H](O)[C@H]6O[C@@H]6O[C@H](CO)[C@@H](O)[C@H](O)[C@H]6O)[C@@H](O)C[C@]5(C)[C@H]4C[C@@H](O)[C@]3(C)[C@H]1[C@@H]2C. The summed E-state index contributed by atoms with van der Waals surface area (Å²) in [6.07, 6.45) is -11.6. The zero-order valence-electron chi connectivity index (χ0n) is 31.9. The molecule has 4 aliphatic heterocycles. The summed E-state index contributed by atoms with van der Waals surface area (Å²) in [5, 5.41) is 96.7. The third kappa shape index (κ3) is 6.09. The van der Waals surface area contributed by atoms with Gasteiger partial charge in [0, 0.05) is 23.7 Å². The molecule has 0 aromatic rings. The highest BCUT2D eigenvalue weighted by Gasteiger charge is 2.72. The molecule has 54 heavy (non-hydrogen) atoms. The molecule has 8 rings (SSSR count). The average molecular weight is 773 g/mol. The molecule has 0 aromatic carbocycles. The minimum absolute atomic E-state index is 0.0438. The molecule has 4 saturated heterocycles. The Kier molecular flexibility index (Phi) is 10.9. The molecule has 0 bridgehead atoms. The van der Waals surface area contributed by atoms with Crippen LogP contribution in [0.5, 0.6) is 0 Å². The largest absolute Gasteiger partial charge is 0.394 e. The van der Waals surface area contributed by atoms with Crippen molar-refractivity contribution in [1.29, 1.82) is 0 Å². The Morgan fingerprint density at radius 2 is 1.41 bits per heavy atom. The second-order valence-electron chi connectivity index (χ2n) is 18.9. The van der Waals surface area contributed by atoms with Gasteiger partial charge in [0.2, 0.25) is 0 Å². The van der Waals surface area contributed by atoms with Crippen LogP contribution in [0.1, 0.15) is 79.1 Å². The molecule has 0 aromatic heterocycles. The van der Waals surface area contributed by atoms with Crippen LogP contribution in [0.15, 0.2) is 0 Å². The number of fused-ring (bicyclic) bond motifs is 7. The lowest BCUT2D eigenvalue weighted by molar-refractivity contribution is -0.376. The molecule has 1 spiro atoms. The van der Waals surface area contributed by atoms with Crippen molar-refractivity contribution >= 4 is 0 Å². The van der Waals surface area contributed by atoms with Crippen molar-refractivity contribution in [2.24, 2.45) is 52.3 Å². The number of aliphatic hydroxyl groups excluding tert-OH is 9. The zero-order chi connectivity index (χ0) is 38.6. The topological polar surface area (TPSA) is 237 Å². The maximum absolute atomic E-state index is 12.2. The van der Waals surface area contributed by atoms with Gasteiger partial charge >= 0.3 is 0 Å². The number of aliphatic hydroxyl groups is 9. The van der Waals surface area contributed by atoms with E-state index in [2.05, 4.69) is 27.7 Å². The molecular weight excluding hydrogens is 708 g/mol. The van der Waals surface area contributed by atoms with Crippen molar-refractivity contribution in [3.63, 3.8) is 0 Å².